The summed E-state index contributed by atoms with van der Waals surface area (Å²) in [7, 11) is -1.80. The maximum absolute atomic E-state index is 11.6. The molecule has 5 nitrogen and oxygen atoms in total. The molecule has 1 aromatic rings. The molecule has 0 bridgehead atoms. The molecule has 1 aromatic carbocycles. The third-order valence-corrected chi connectivity index (χ3v) is 3.82. The summed E-state index contributed by atoms with van der Waals surface area (Å²) in [6, 6.07) is 4.94. The van der Waals surface area contributed by atoms with Crippen LogP contribution in [0, 0.1) is 6.92 Å². The first-order valence-electron chi connectivity index (χ1n) is 5.60. The van der Waals surface area contributed by atoms with E-state index < -0.39 is 10.0 Å². The van der Waals surface area contributed by atoms with Crippen molar-refractivity contribution in [3.8, 4) is 0 Å². The van der Waals surface area contributed by atoms with Crippen molar-refractivity contribution >= 4 is 21.6 Å². The zero-order valence-corrected chi connectivity index (χ0v) is 11.8. The topological polar surface area (TPSA) is 66.5 Å². The first kappa shape index (κ1) is 14.5. The van der Waals surface area contributed by atoms with Gasteiger partial charge in [-0.1, -0.05) is 0 Å². The Balaban J connectivity index is 3.11. The van der Waals surface area contributed by atoms with E-state index in [-0.39, 0.29) is 5.91 Å². The number of nitrogens with one attached hydrogen (secondary N) is 1. The van der Waals surface area contributed by atoms with E-state index in [0.717, 1.165) is 11.8 Å². The summed E-state index contributed by atoms with van der Waals surface area (Å²) in [5.41, 5.74) is 1.84. The lowest BCUT2D eigenvalue weighted by Crippen LogP contribution is -2.26. The van der Waals surface area contributed by atoms with E-state index in [1.807, 2.05) is 6.92 Å². The first-order chi connectivity index (χ1) is 8.27. The number of carbonyl (C=O) groups is 1. The van der Waals surface area contributed by atoms with Gasteiger partial charge in [-0.05, 0) is 37.6 Å². The number of sulfonamides is 1. The van der Waals surface area contributed by atoms with Crippen LogP contribution in [0.1, 0.15) is 22.8 Å². The number of rotatable bonds is 4. The van der Waals surface area contributed by atoms with Crippen LogP contribution in [0.25, 0.3) is 0 Å². The molecule has 0 saturated carbocycles. The lowest BCUT2D eigenvalue weighted by Gasteiger charge is -2.19. The summed E-state index contributed by atoms with van der Waals surface area (Å²) in [6.07, 6.45) is 1.14. The van der Waals surface area contributed by atoms with Crippen LogP contribution in [-0.2, 0) is 10.0 Å². The maximum Gasteiger partial charge on any atom is 0.251 e. The SMILES string of the molecule is CCNC(=O)c1ccc(N(C)S(C)(=O)=O)c(C)c1. The summed E-state index contributed by atoms with van der Waals surface area (Å²) in [5.74, 6) is -0.158. The van der Waals surface area contributed by atoms with E-state index >= 15 is 0 Å². The predicted octanol–water partition coefficient (Wildman–Crippen LogP) is 1.14. The third-order valence-electron chi connectivity index (χ3n) is 2.63. The Hall–Kier alpha value is -1.56. The summed E-state index contributed by atoms with van der Waals surface area (Å²) in [6.45, 7) is 4.18. The maximum atomic E-state index is 11.6. The fourth-order valence-corrected chi connectivity index (χ4v) is 2.15. The van der Waals surface area contributed by atoms with Crippen molar-refractivity contribution in [1.82, 2.24) is 5.32 Å². The quantitative estimate of drug-likeness (QED) is 0.892. The highest BCUT2D eigenvalue weighted by atomic mass is 32.2. The number of benzene rings is 1. The smallest absolute Gasteiger partial charge is 0.251 e. The first-order valence-corrected chi connectivity index (χ1v) is 7.45. The van der Waals surface area contributed by atoms with Gasteiger partial charge >= 0.3 is 0 Å². The minimum absolute atomic E-state index is 0.158. The Morgan fingerprint density at radius 3 is 2.44 bits per heavy atom. The van der Waals surface area contributed by atoms with Crippen molar-refractivity contribution in [3.63, 3.8) is 0 Å². The summed E-state index contributed by atoms with van der Waals surface area (Å²) in [5, 5.41) is 2.70. The standard InChI is InChI=1S/C12H18N2O3S/c1-5-13-12(15)10-6-7-11(9(2)8-10)14(3)18(4,16)17/h6-8H,5H2,1-4H3,(H,13,15). The van der Waals surface area contributed by atoms with Gasteiger partial charge in [-0.25, -0.2) is 8.42 Å². The second-order valence-electron chi connectivity index (χ2n) is 4.09. The molecule has 0 aliphatic rings. The molecule has 18 heavy (non-hydrogen) atoms. The zero-order valence-electron chi connectivity index (χ0n) is 11.0. The molecule has 1 N–H and O–H groups in total. The van der Waals surface area contributed by atoms with Gasteiger partial charge in [-0.2, -0.15) is 0 Å². The highest BCUT2D eigenvalue weighted by molar-refractivity contribution is 7.92. The fraction of sp³-hybridized carbons (Fsp3) is 0.417. The lowest BCUT2D eigenvalue weighted by atomic mass is 10.1. The van der Waals surface area contributed by atoms with Crippen LogP contribution in [0.3, 0.4) is 0 Å². The van der Waals surface area contributed by atoms with Gasteiger partial charge in [0, 0.05) is 19.2 Å². The average molecular weight is 270 g/mol. The Morgan fingerprint density at radius 2 is 2.00 bits per heavy atom. The Kier molecular flexibility index (Phi) is 4.34. The average Bonchev–Trinajstić information content (AvgIpc) is 2.27. The second kappa shape index (κ2) is 5.39. The normalized spacial score (nSPS) is 11.1. The van der Waals surface area contributed by atoms with Crippen LogP contribution in [0.4, 0.5) is 5.69 Å². The van der Waals surface area contributed by atoms with Gasteiger partial charge in [0.1, 0.15) is 0 Å². The van der Waals surface area contributed by atoms with E-state index in [1.54, 1.807) is 25.1 Å². The zero-order chi connectivity index (χ0) is 13.9. The lowest BCUT2D eigenvalue weighted by molar-refractivity contribution is 0.0956. The monoisotopic (exact) mass is 270 g/mol. The number of nitrogens with zero attached hydrogens (tertiary/aromatic N) is 1. The molecule has 0 aliphatic carbocycles. The van der Waals surface area contributed by atoms with Crippen LogP contribution in [-0.4, -0.2) is 34.2 Å². The number of hydrogen-bond acceptors (Lipinski definition) is 3. The van der Waals surface area contributed by atoms with Crippen molar-refractivity contribution in [2.75, 3.05) is 24.2 Å². The number of hydrogen-bond donors (Lipinski definition) is 1. The number of carbonyl (C=O) groups excluding carboxylic acids is 1. The molecule has 0 aliphatic heterocycles. The molecule has 1 amide bonds. The van der Waals surface area contributed by atoms with E-state index in [9.17, 15) is 13.2 Å². The van der Waals surface area contributed by atoms with Crippen LogP contribution in [0.2, 0.25) is 0 Å². The molecule has 0 heterocycles. The van der Waals surface area contributed by atoms with E-state index in [2.05, 4.69) is 5.32 Å². The van der Waals surface area contributed by atoms with Crippen molar-refractivity contribution in [3.05, 3.63) is 29.3 Å². The molecule has 0 fully saturated rings. The molecule has 6 heteroatoms. The summed E-state index contributed by atoms with van der Waals surface area (Å²) >= 11 is 0. The largest absolute Gasteiger partial charge is 0.352 e. The fourth-order valence-electron chi connectivity index (χ4n) is 1.59. The third kappa shape index (κ3) is 3.22. The van der Waals surface area contributed by atoms with Crippen molar-refractivity contribution in [2.45, 2.75) is 13.8 Å². The minimum Gasteiger partial charge on any atom is -0.352 e. The van der Waals surface area contributed by atoms with Gasteiger partial charge in [-0.3, -0.25) is 9.10 Å². The molecular weight excluding hydrogens is 252 g/mol. The molecule has 0 atom stereocenters. The van der Waals surface area contributed by atoms with Crippen molar-refractivity contribution in [2.24, 2.45) is 0 Å². The second-order valence-corrected chi connectivity index (χ2v) is 6.10. The van der Waals surface area contributed by atoms with Crippen LogP contribution < -0.4 is 9.62 Å². The molecule has 0 aromatic heterocycles. The Labute approximate surface area is 108 Å². The summed E-state index contributed by atoms with van der Waals surface area (Å²) < 4.78 is 24.1. The van der Waals surface area contributed by atoms with Gasteiger partial charge in [0.25, 0.3) is 5.91 Å². The molecule has 0 radical (unpaired) electrons. The molecule has 0 spiro atoms. The van der Waals surface area contributed by atoms with Crippen LogP contribution in [0.5, 0.6) is 0 Å². The highest BCUT2D eigenvalue weighted by Crippen LogP contribution is 2.22. The van der Waals surface area contributed by atoms with Gasteiger partial charge < -0.3 is 5.32 Å². The van der Waals surface area contributed by atoms with Crippen molar-refractivity contribution in [1.29, 1.82) is 0 Å². The van der Waals surface area contributed by atoms with Gasteiger partial charge in [0.05, 0.1) is 11.9 Å². The minimum atomic E-state index is -3.29. The molecule has 0 unspecified atom stereocenters. The van der Waals surface area contributed by atoms with Crippen molar-refractivity contribution < 1.29 is 13.2 Å². The highest BCUT2D eigenvalue weighted by Gasteiger charge is 2.15. The van der Waals surface area contributed by atoms with Crippen LogP contribution in [0.15, 0.2) is 18.2 Å². The number of amides is 1. The van der Waals surface area contributed by atoms with Gasteiger partial charge in [0.2, 0.25) is 10.0 Å². The van der Waals surface area contributed by atoms with Gasteiger partial charge in [0.15, 0.2) is 0 Å². The molecule has 1 rings (SSSR count). The molecule has 100 valence electrons. The Morgan fingerprint density at radius 1 is 1.39 bits per heavy atom. The predicted molar refractivity (Wildman–Crippen MR) is 72.4 cm³/mol. The summed E-state index contributed by atoms with van der Waals surface area (Å²) in [4.78, 5) is 11.6. The number of anilines is 1. The van der Waals surface area contributed by atoms with Crippen LogP contribution >= 0.6 is 0 Å². The number of aryl methyl sites for hydroxylation is 1. The van der Waals surface area contributed by atoms with E-state index in [4.69, 9.17) is 0 Å². The Bertz CT molecular complexity index is 552. The van der Waals surface area contributed by atoms with E-state index in [0.29, 0.717) is 17.8 Å². The molecular formula is C12H18N2O3S. The molecule has 0 saturated heterocycles. The van der Waals surface area contributed by atoms with E-state index in [1.165, 1.54) is 11.4 Å². The van der Waals surface area contributed by atoms with Gasteiger partial charge in [-0.15, -0.1) is 0 Å².